The van der Waals surface area contributed by atoms with Crippen LogP contribution in [0, 0.1) is 6.92 Å². The summed E-state index contributed by atoms with van der Waals surface area (Å²) in [6.07, 6.45) is 2.46. The zero-order valence-corrected chi connectivity index (χ0v) is 9.03. The molecule has 2 heterocycles. The van der Waals surface area contributed by atoms with E-state index in [1.807, 2.05) is 30.7 Å². The van der Waals surface area contributed by atoms with Crippen LogP contribution in [0.2, 0.25) is 0 Å². The molecule has 4 heteroatoms. The summed E-state index contributed by atoms with van der Waals surface area (Å²) in [6.45, 7) is 2.67. The van der Waals surface area contributed by atoms with Crippen LogP contribution in [0.5, 0.6) is 0 Å². The Balaban J connectivity index is 2.45. The van der Waals surface area contributed by atoms with Crippen molar-refractivity contribution in [3.63, 3.8) is 0 Å². The van der Waals surface area contributed by atoms with Crippen molar-refractivity contribution in [1.29, 1.82) is 0 Å². The lowest BCUT2D eigenvalue weighted by Crippen LogP contribution is -2.04. The zero-order chi connectivity index (χ0) is 10.8. The van der Waals surface area contributed by atoms with Gasteiger partial charge in [-0.2, -0.15) is 0 Å². The van der Waals surface area contributed by atoms with Gasteiger partial charge in [0.1, 0.15) is 0 Å². The SMILES string of the molecule is Cc1c(CCN)nc(-c2ccco2)n1C. The van der Waals surface area contributed by atoms with Crippen molar-refractivity contribution >= 4 is 0 Å². The van der Waals surface area contributed by atoms with Gasteiger partial charge in [-0.3, -0.25) is 0 Å². The molecule has 0 atom stereocenters. The van der Waals surface area contributed by atoms with E-state index < -0.39 is 0 Å². The monoisotopic (exact) mass is 205 g/mol. The van der Waals surface area contributed by atoms with Crippen LogP contribution >= 0.6 is 0 Å². The minimum absolute atomic E-state index is 0.620. The minimum atomic E-state index is 0.620. The highest BCUT2D eigenvalue weighted by Crippen LogP contribution is 2.21. The third-order valence-electron chi connectivity index (χ3n) is 2.60. The summed E-state index contributed by atoms with van der Waals surface area (Å²) >= 11 is 0. The van der Waals surface area contributed by atoms with Crippen molar-refractivity contribution in [1.82, 2.24) is 9.55 Å². The first-order valence-electron chi connectivity index (χ1n) is 5.00. The Morgan fingerprint density at radius 1 is 1.53 bits per heavy atom. The smallest absolute Gasteiger partial charge is 0.176 e. The number of nitrogens with two attached hydrogens (primary N) is 1. The van der Waals surface area contributed by atoms with Crippen molar-refractivity contribution in [3.05, 3.63) is 29.8 Å². The van der Waals surface area contributed by atoms with E-state index in [0.29, 0.717) is 6.54 Å². The molecule has 0 unspecified atom stereocenters. The van der Waals surface area contributed by atoms with E-state index in [4.69, 9.17) is 10.2 Å². The first kappa shape index (κ1) is 9.98. The summed E-state index contributed by atoms with van der Waals surface area (Å²) in [7, 11) is 1.99. The summed E-state index contributed by atoms with van der Waals surface area (Å²) in [6, 6.07) is 3.77. The maximum atomic E-state index is 5.53. The van der Waals surface area contributed by atoms with Crippen molar-refractivity contribution < 1.29 is 4.42 Å². The van der Waals surface area contributed by atoms with Crippen LogP contribution in [0.25, 0.3) is 11.6 Å². The van der Waals surface area contributed by atoms with Gasteiger partial charge in [-0.25, -0.2) is 4.98 Å². The fraction of sp³-hybridized carbons (Fsp3) is 0.364. The van der Waals surface area contributed by atoms with Crippen LogP contribution in [0.15, 0.2) is 22.8 Å². The Labute approximate surface area is 88.7 Å². The maximum absolute atomic E-state index is 5.53. The molecule has 4 nitrogen and oxygen atoms in total. The number of imidazole rings is 1. The number of hydrogen-bond acceptors (Lipinski definition) is 3. The second-order valence-corrected chi connectivity index (χ2v) is 3.54. The molecule has 2 aromatic heterocycles. The summed E-state index contributed by atoms with van der Waals surface area (Å²) in [5.74, 6) is 1.66. The summed E-state index contributed by atoms with van der Waals surface area (Å²) in [5, 5.41) is 0. The van der Waals surface area contributed by atoms with Crippen LogP contribution in [-0.4, -0.2) is 16.1 Å². The van der Waals surface area contributed by atoms with E-state index in [-0.39, 0.29) is 0 Å². The normalized spacial score (nSPS) is 10.9. The van der Waals surface area contributed by atoms with Crippen molar-refractivity contribution in [2.24, 2.45) is 12.8 Å². The number of nitrogens with zero attached hydrogens (tertiary/aromatic N) is 2. The molecule has 2 aromatic rings. The standard InChI is InChI=1S/C11H15N3O/c1-8-9(5-6-12)13-11(14(8)2)10-4-3-7-15-10/h3-4,7H,5-6,12H2,1-2H3. The average molecular weight is 205 g/mol. The van der Waals surface area contributed by atoms with Gasteiger partial charge in [0.2, 0.25) is 0 Å². The number of aromatic nitrogens is 2. The highest BCUT2D eigenvalue weighted by molar-refractivity contribution is 5.49. The Bertz CT molecular complexity index is 443. The van der Waals surface area contributed by atoms with E-state index in [1.165, 1.54) is 0 Å². The van der Waals surface area contributed by atoms with Gasteiger partial charge in [-0.15, -0.1) is 0 Å². The van der Waals surface area contributed by atoms with E-state index in [0.717, 1.165) is 29.4 Å². The summed E-state index contributed by atoms with van der Waals surface area (Å²) in [5.41, 5.74) is 7.73. The fourth-order valence-electron chi connectivity index (χ4n) is 1.64. The summed E-state index contributed by atoms with van der Waals surface area (Å²) < 4.78 is 7.36. The lowest BCUT2D eigenvalue weighted by molar-refractivity contribution is 0.573. The van der Waals surface area contributed by atoms with Gasteiger partial charge in [0.25, 0.3) is 0 Å². The summed E-state index contributed by atoms with van der Waals surface area (Å²) in [4.78, 5) is 4.53. The number of hydrogen-bond donors (Lipinski definition) is 1. The third kappa shape index (κ3) is 1.68. The Kier molecular flexibility index (Phi) is 2.60. The molecule has 15 heavy (non-hydrogen) atoms. The molecule has 0 spiro atoms. The molecular formula is C11H15N3O. The predicted octanol–water partition coefficient (Wildman–Crippen LogP) is 1.49. The number of furan rings is 1. The largest absolute Gasteiger partial charge is 0.461 e. The van der Waals surface area contributed by atoms with Gasteiger partial charge < -0.3 is 14.7 Å². The molecule has 0 saturated heterocycles. The van der Waals surface area contributed by atoms with E-state index >= 15 is 0 Å². The van der Waals surface area contributed by atoms with E-state index in [1.54, 1.807) is 6.26 Å². The first-order valence-corrected chi connectivity index (χ1v) is 5.00. The van der Waals surface area contributed by atoms with E-state index in [9.17, 15) is 0 Å². The average Bonchev–Trinajstić information content (AvgIpc) is 2.82. The molecule has 2 N–H and O–H groups in total. The first-order chi connectivity index (χ1) is 7.24. The van der Waals surface area contributed by atoms with Crippen molar-refractivity contribution in [2.45, 2.75) is 13.3 Å². The molecule has 0 aromatic carbocycles. The molecule has 0 aliphatic carbocycles. The van der Waals surface area contributed by atoms with Gasteiger partial charge >= 0.3 is 0 Å². The predicted molar refractivity (Wildman–Crippen MR) is 58.4 cm³/mol. The molecule has 0 fully saturated rings. The zero-order valence-electron chi connectivity index (χ0n) is 9.03. The fourth-order valence-corrected chi connectivity index (χ4v) is 1.64. The van der Waals surface area contributed by atoms with Crippen molar-refractivity contribution in [3.8, 4) is 11.6 Å². The highest BCUT2D eigenvalue weighted by Gasteiger charge is 2.13. The van der Waals surface area contributed by atoms with Crippen LogP contribution in [0.4, 0.5) is 0 Å². The van der Waals surface area contributed by atoms with Gasteiger partial charge in [-0.1, -0.05) is 0 Å². The van der Waals surface area contributed by atoms with E-state index in [2.05, 4.69) is 4.98 Å². The van der Waals surface area contributed by atoms with Gasteiger partial charge in [-0.05, 0) is 25.6 Å². The van der Waals surface area contributed by atoms with Gasteiger partial charge in [0.05, 0.1) is 12.0 Å². The van der Waals surface area contributed by atoms with Crippen LogP contribution in [0.1, 0.15) is 11.4 Å². The van der Waals surface area contributed by atoms with Crippen molar-refractivity contribution in [2.75, 3.05) is 6.54 Å². The molecule has 80 valence electrons. The van der Waals surface area contributed by atoms with Crippen LogP contribution in [-0.2, 0) is 13.5 Å². The third-order valence-corrected chi connectivity index (χ3v) is 2.60. The van der Waals surface area contributed by atoms with Crippen LogP contribution in [0.3, 0.4) is 0 Å². The molecule has 0 aliphatic rings. The molecular weight excluding hydrogens is 190 g/mol. The Hall–Kier alpha value is -1.55. The molecule has 0 aliphatic heterocycles. The molecule has 0 bridgehead atoms. The topological polar surface area (TPSA) is 57.0 Å². The second-order valence-electron chi connectivity index (χ2n) is 3.54. The van der Waals surface area contributed by atoms with Gasteiger partial charge in [0.15, 0.2) is 11.6 Å². The van der Waals surface area contributed by atoms with Crippen LogP contribution < -0.4 is 5.73 Å². The molecule has 2 rings (SSSR count). The van der Waals surface area contributed by atoms with Gasteiger partial charge in [0, 0.05) is 19.2 Å². The maximum Gasteiger partial charge on any atom is 0.176 e. The Morgan fingerprint density at radius 2 is 2.33 bits per heavy atom. The highest BCUT2D eigenvalue weighted by atomic mass is 16.3. The molecule has 0 saturated carbocycles. The molecule has 0 radical (unpaired) electrons. The minimum Gasteiger partial charge on any atom is -0.461 e. The lowest BCUT2D eigenvalue weighted by Gasteiger charge is -1.99. The lowest BCUT2D eigenvalue weighted by atomic mass is 10.2. The number of rotatable bonds is 3. The second kappa shape index (κ2) is 3.90. The molecule has 0 amide bonds. The Morgan fingerprint density at radius 3 is 2.93 bits per heavy atom. The quantitative estimate of drug-likeness (QED) is 0.825.